The van der Waals surface area contributed by atoms with E-state index in [1.165, 1.54) is 0 Å². The van der Waals surface area contributed by atoms with Crippen LogP contribution in [0.1, 0.15) is 39.8 Å². The topological polar surface area (TPSA) is 42.2 Å². The van der Waals surface area contributed by atoms with Gasteiger partial charge in [-0.25, -0.2) is 9.50 Å². The second-order valence-corrected chi connectivity index (χ2v) is 6.73. The van der Waals surface area contributed by atoms with Crippen LogP contribution in [0.15, 0.2) is 18.5 Å². The number of halogens is 1. The molecular weight excluding hydrogens is 272 g/mol. The summed E-state index contributed by atoms with van der Waals surface area (Å²) in [7, 11) is 0. The summed E-state index contributed by atoms with van der Waals surface area (Å²) >= 11 is 5.77. The molecule has 0 fully saturated rings. The Hall–Kier alpha value is -1.29. The first-order valence-corrected chi connectivity index (χ1v) is 7.60. The van der Waals surface area contributed by atoms with Gasteiger partial charge >= 0.3 is 0 Å². The second kappa shape index (κ2) is 6.00. The Morgan fingerprint density at radius 2 is 2.15 bits per heavy atom. The van der Waals surface area contributed by atoms with Crippen LogP contribution < -0.4 is 5.32 Å². The molecule has 0 aliphatic heterocycles. The first-order chi connectivity index (χ1) is 9.41. The van der Waals surface area contributed by atoms with E-state index in [2.05, 4.69) is 49.2 Å². The molecule has 2 rings (SSSR count). The molecule has 0 saturated heterocycles. The van der Waals surface area contributed by atoms with Gasteiger partial charge in [0.1, 0.15) is 5.52 Å². The average Bonchev–Trinajstić information content (AvgIpc) is 2.81. The summed E-state index contributed by atoms with van der Waals surface area (Å²) in [6.45, 7) is 9.55. The van der Waals surface area contributed by atoms with E-state index in [-0.39, 0.29) is 5.41 Å². The van der Waals surface area contributed by atoms with Crippen LogP contribution in [0, 0.1) is 5.92 Å². The lowest BCUT2D eigenvalue weighted by Crippen LogP contribution is -2.13. The number of aromatic nitrogens is 3. The summed E-state index contributed by atoms with van der Waals surface area (Å²) in [4.78, 5) is 4.43. The van der Waals surface area contributed by atoms with Gasteiger partial charge in [0.2, 0.25) is 0 Å². The molecule has 2 aromatic rings. The number of nitrogens with one attached hydrogen (secondary N) is 1. The summed E-state index contributed by atoms with van der Waals surface area (Å²) in [5.41, 5.74) is 2.13. The highest BCUT2D eigenvalue weighted by molar-refractivity contribution is 6.17. The number of rotatable bonds is 5. The molecule has 0 radical (unpaired) electrons. The van der Waals surface area contributed by atoms with Crippen molar-refractivity contribution < 1.29 is 0 Å². The van der Waals surface area contributed by atoms with Gasteiger partial charge in [-0.1, -0.05) is 27.7 Å². The van der Waals surface area contributed by atoms with Crippen LogP contribution in [0.25, 0.3) is 5.52 Å². The summed E-state index contributed by atoms with van der Waals surface area (Å²) in [6.07, 6.45) is 4.67. The Balaban J connectivity index is 2.23. The minimum absolute atomic E-state index is 0.0369. The van der Waals surface area contributed by atoms with Crippen molar-refractivity contribution in [3.63, 3.8) is 0 Å². The van der Waals surface area contributed by atoms with E-state index < -0.39 is 0 Å². The van der Waals surface area contributed by atoms with Crippen LogP contribution in [-0.2, 0) is 5.41 Å². The van der Waals surface area contributed by atoms with Crippen molar-refractivity contribution >= 4 is 22.9 Å². The van der Waals surface area contributed by atoms with Crippen LogP contribution in [0.4, 0.5) is 5.82 Å². The Bertz CT molecular complexity index is 571. The van der Waals surface area contributed by atoms with Gasteiger partial charge in [-0.3, -0.25) is 0 Å². The maximum atomic E-state index is 5.77. The van der Waals surface area contributed by atoms with E-state index in [9.17, 15) is 0 Å². The molecule has 1 unspecified atom stereocenters. The van der Waals surface area contributed by atoms with Crippen LogP contribution in [0.5, 0.6) is 0 Å². The molecule has 0 aromatic carbocycles. The maximum absolute atomic E-state index is 5.77. The summed E-state index contributed by atoms with van der Waals surface area (Å²) in [5, 5.41) is 8.03. The Morgan fingerprint density at radius 3 is 2.80 bits per heavy atom. The normalized spacial score (nSPS) is 13.7. The van der Waals surface area contributed by atoms with Gasteiger partial charge in [0.15, 0.2) is 5.82 Å². The predicted molar refractivity (Wildman–Crippen MR) is 84.7 cm³/mol. The zero-order chi connectivity index (χ0) is 14.8. The molecule has 0 spiro atoms. The van der Waals surface area contributed by atoms with Gasteiger partial charge < -0.3 is 5.32 Å². The van der Waals surface area contributed by atoms with E-state index >= 15 is 0 Å². The zero-order valence-corrected chi connectivity index (χ0v) is 13.4. The Kier molecular flexibility index (Phi) is 4.53. The lowest BCUT2D eigenvalue weighted by molar-refractivity contribution is 0.562. The van der Waals surface area contributed by atoms with Crippen LogP contribution in [0.3, 0.4) is 0 Å². The number of nitrogens with zero attached hydrogens (tertiary/aromatic N) is 3. The van der Waals surface area contributed by atoms with Crippen LogP contribution >= 0.6 is 11.6 Å². The van der Waals surface area contributed by atoms with E-state index in [4.69, 9.17) is 11.6 Å². The summed E-state index contributed by atoms with van der Waals surface area (Å²) < 4.78 is 1.89. The molecule has 2 aromatic heterocycles. The third kappa shape index (κ3) is 3.42. The number of alkyl halides is 1. The van der Waals surface area contributed by atoms with Gasteiger partial charge in [-0.2, -0.15) is 5.10 Å². The molecule has 4 nitrogen and oxygen atoms in total. The third-order valence-electron chi connectivity index (χ3n) is 3.38. The quantitative estimate of drug-likeness (QED) is 0.855. The zero-order valence-electron chi connectivity index (χ0n) is 12.7. The van der Waals surface area contributed by atoms with Crippen molar-refractivity contribution in [3.05, 3.63) is 24.2 Å². The number of fused-ring (bicyclic) bond motifs is 1. The molecule has 0 saturated carbocycles. The second-order valence-electron chi connectivity index (χ2n) is 6.35. The Morgan fingerprint density at radius 1 is 1.40 bits per heavy atom. The number of anilines is 1. The summed E-state index contributed by atoms with van der Waals surface area (Å²) in [6, 6.07) is 2.11. The minimum Gasteiger partial charge on any atom is -0.368 e. The van der Waals surface area contributed by atoms with Gasteiger partial charge in [0, 0.05) is 30.2 Å². The molecule has 0 bridgehead atoms. The van der Waals surface area contributed by atoms with Crippen molar-refractivity contribution in [2.24, 2.45) is 5.92 Å². The highest BCUT2D eigenvalue weighted by Crippen LogP contribution is 2.24. The monoisotopic (exact) mass is 294 g/mol. The van der Waals surface area contributed by atoms with E-state index in [0.29, 0.717) is 11.8 Å². The van der Waals surface area contributed by atoms with Crippen molar-refractivity contribution in [3.8, 4) is 0 Å². The molecule has 2 heterocycles. The molecule has 20 heavy (non-hydrogen) atoms. The smallest absolute Gasteiger partial charge is 0.152 e. The van der Waals surface area contributed by atoms with Crippen LogP contribution in [-0.4, -0.2) is 27.0 Å². The largest absolute Gasteiger partial charge is 0.368 e. The van der Waals surface area contributed by atoms with Gasteiger partial charge in [-0.05, 0) is 18.4 Å². The van der Waals surface area contributed by atoms with Crippen molar-refractivity contribution in [2.75, 3.05) is 17.7 Å². The molecule has 0 amide bonds. The van der Waals surface area contributed by atoms with Gasteiger partial charge in [-0.15, -0.1) is 11.6 Å². The number of hydrogen-bond donors (Lipinski definition) is 1. The van der Waals surface area contributed by atoms with Gasteiger partial charge in [0.25, 0.3) is 0 Å². The first-order valence-electron chi connectivity index (χ1n) is 7.06. The minimum atomic E-state index is 0.0369. The van der Waals surface area contributed by atoms with Crippen LogP contribution in [0.2, 0.25) is 0 Å². The fourth-order valence-electron chi connectivity index (χ4n) is 1.98. The van der Waals surface area contributed by atoms with E-state index in [1.807, 2.05) is 10.7 Å². The van der Waals surface area contributed by atoms with E-state index in [1.54, 1.807) is 6.20 Å². The summed E-state index contributed by atoms with van der Waals surface area (Å²) in [5.74, 6) is 2.11. The fraction of sp³-hybridized carbons (Fsp3) is 0.600. The van der Waals surface area contributed by atoms with E-state index in [0.717, 1.165) is 30.0 Å². The molecule has 0 aliphatic carbocycles. The Labute approximate surface area is 125 Å². The maximum Gasteiger partial charge on any atom is 0.152 e. The van der Waals surface area contributed by atoms with Crippen molar-refractivity contribution in [2.45, 2.75) is 39.5 Å². The molecule has 1 N–H and O–H groups in total. The molecule has 0 aliphatic rings. The number of hydrogen-bond acceptors (Lipinski definition) is 3. The predicted octanol–water partition coefficient (Wildman–Crippen LogP) is 3.70. The molecule has 1 atom stereocenters. The molecule has 110 valence electrons. The highest BCUT2D eigenvalue weighted by atomic mass is 35.5. The van der Waals surface area contributed by atoms with Gasteiger partial charge in [0.05, 0.1) is 5.69 Å². The average molecular weight is 295 g/mol. The first kappa shape index (κ1) is 15.1. The lowest BCUT2D eigenvalue weighted by atomic mass is 9.92. The van der Waals surface area contributed by atoms with Crippen molar-refractivity contribution in [1.29, 1.82) is 0 Å². The SMILES string of the molecule is CC(CCCl)CNc1nccn2nc(C(C)(C)C)cc12. The fourth-order valence-corrected chi connectivity index (χ4v) is 2.36. The lowest BCUT2D eigenvalue weighted by Gasteiger charge is -2.13. The highest BCUT2D eigenvalue weighted by Gasteiger charge is 2.19. The third-order valence-corrected chi connectivity index (χ3v) is 3.60. The molecular formula is C15H23ClN4. The standard InChI is InChI=1S/C15H23ClN4/c1-11(5-6-16)10-18-14-12-9-13(15(2,3)4)19-20(12)8-7-17-14/h7-9,11H,5-6,10H2,1-4H3,(H,17,18). The molecule has 5 heteroatoms. The van der Waals surface area contributed by atoms with Crippen molar-refractivity contribution in [1.82, 2.24) is 14.6 Å².